The highest BCUT2D eigenvalue weighted by atomic mass is 15.2. The first-order valence-corrected chi connectivity index (χ1v) is 8.71. The molecule has 5 heteroatoms. The number of anilines is 1. The first-order valence-electron chi connectivity index (χ1n) is 8.71. The number of nitrogens with zero attached hydrogens (tertiary/aromatic N) is 4. The average Bonchev–Trinajstić information content (AvgIpc) is 3.40. The molecular formula is C20H19N5. The van der Waals surface area contributed by atoms with Gasteiger partial charge in [0.05, 0.1) is 23.1 Å². The van der Waals surface area contributed by atoms with Gasteiger partial charge >= 0.3 is 0 Å². The summed E-state index contributed by atoms with van der Waals surface area (Å²) in [6.45, 7) is 2.75. The second-order valence-corrected chi connectivity index (χ2v) is 6.66. The SMILES string of the molecule is Cc1cccc2ncnc(NCc3nc4ccccc4n3C3CC3)c12. The molecule has 124 valence electrons. The Labute approximate surface area is 145 Å². The van der Waals surface area contributed by atoms with E-state index in [1.54, 1.807) is 6.33 Å². The number of hydrogen-bond acceptors (Lipinski definition) is 4. The lowest BCUT2D eigenvalue weighted by Gasteiger charge is -2.11. The molecule has 0 radical (unpaired) electrons. The molecular weight excluding hydrogens is 310 g/mol. The molecule has 0 amide bonds. The molecule has 2 aromatic heterocycles. The Balaban J connectivity index is 1.54. The van der Waals surface area contributed by atoms with Crippen LogP contribution < -0.4 is 5.32 Å². The first kappa shape index (κ1) is 14.4. The van der Waals surface area contributed by atoms with Gasteiger partial charge < -0.3 is 9.88 Å². The Morgan fingerprint density at radius 3 is 2.76 bits per heavy atom. The lowest BCUT2D eigenvalue weighted by Crippen LogP contribution is -2.09. The molecule has 1 saturated carbocycles. The number of imidazole rings is 1. The summed E-state index contributed by atoms with van der Waals surface area (Å²) in [6, 6.07) is 15.1. The summed E-state index contributed by atoms with van der Waals surface area (Å²) in [5.74, 6) is 1.95. The maximum absolute atomic E-state index is 4.85. The summed E-state index contributed by atoms with van der Waals surface area (Å²) in [6.07, 6.45) is 4.10. The number of benzene rings is 2. The van der Waals surface area contributed by atoms with Gasteiger partial charge in [0.25, 0.3) is 0 Å². The quantitative estimate of drug-likeness (QED) is 0.608. The van der Waals surface area contributed by atoms with Crippen LogP contribution in [0.2, 0.25) is 0 Å². The van der Waals surface area contributed by atoms with E-state index in [9.17, 15) is 0 Å². The average molecular weight is 329 g/mol. The minimum absolute atomic E-state index is 0.591. The monoisotopic (exact) mass is 329 g/mol. The van der Waals surface area contributed by atoms with E-state index in [0.717, 1.165) is 28.1 Å². The highest BCUT2D eigenvalue weighted by Crippen LogP contribution is 2.38. The van der Waals surface area contributed by atoms with Gasteiger partial charge in [-0.15, -0.1) is 0 Å². The molecule has 0 aliphatic heterocycles. The first-order chi connectivity index (χ1) is 12.3. The Bertz CT molecular complexity index is 1070. The highest BCUT2D eigenvalue weighted by Gasteiger charge is 2.28. The molecule has 5 nitrogen and oxygen atoms in total. The standard InChI is InChI=1S/C20H19N5/c1-13-5-4-7-16-19(13)20(23-12-22-16)21-11-18-24-15-6-2-3-8-17(15)25(18)14-9-10-14/h2-8,12,14H,9-11H2,1H3,(H,21,22,23). The maximum atomic E-state index is 4.85. The maximum Gasteiger partial charge on any atom is 0.137 e. The lowest BCUT2D eigenvalue weighted by molar-refractivity contribution is 0.710. The predicted octanol–water partition coefficient (Wildman–Crippen LogP) is 4.23. The fourth-order valence-electron chi connectivity index (χ4n) is 3.54. The fraction of sp³-hybridized carbons (Fsp3) is 0.250. The molecule has 1 fully saturated rings. The van der Waals surface area contributed by atoms with Gasteiger partial charge in [-0.25, -0.2) is 15.0 Å². The molecule has 0 unspecified atom stereocenters. The summed E-state index contributed by atoms with van der Waals surface area (Å²) in [4.78, 5) is 13.7. The molecule has 0 atom stereocenters. The van der Waals surface area contributed by atoms with Gasteiger partial charge in [-0.3, -0.25) is 0 Å². The van der Waals surface area contributed by atoms with Crippen molar-refractivity contribution in [3.8, 4) is 0 Å². The zero-order valence-corrected chi connectivity index (χ0v) is 14.1. The summed E-state index contributed by atoms with van der Waals surface area (Å²) < 4.78 is 2.39. The number of nitrogens with one attached hydrogen (secondary N) is 1. The van der Waals surface area contributed by atoms with Crippen LogP contribution in [0.3, 0.4) is 0 Å². The van der Waals surface area contributed by atoms with E-state index in [1.807, 2.05) is 18.2 Å². The van der Waals surface area contributed by atoms with E-state index in [2.05, 4.69) is 51.0 Å². The number of para-hydroxylation sites is 2. The van der Waals surface area contributed by atoms with Gasteiger partial charge in [-0.05, 0) is 43.5 Å². The van der Waals surface area contributed by atoms with Gasteiger partial charge in [0.2, 0.25) is 0 Å². The topological polar surface area (TPSA) is 55.6 Å². The highest BCUT2D eigenvalue weighted by molar-refractivity contribution is 5.91. The number of hydrogen-bond donors (Lipinski definition) is 1. The Morgan fingerprint density at radius 1 is 1.04 bits per heavy atom. The van der Waals surface area contributed by atoms with Gasteiger partial charge in [-0.1, -0.05) is 24.3 Å². The van der Waals surface area contributed by atoms with Crippen molar-refractivity contribution in [1.29, 1.82) is 0 Å². The van der Waals surface area contributed by atoms with E-state index >= 15 is 0 Å². The van der Waals surface area contributed by atoms with Crippen LogP contribution in [0.4, 0.5) is 5.82 Å². The minimum atomic E-state index is 0.591. The van der Waals surface area contributed by atoms with Crippen LogP contribution in [0.15, 0.2) is 48.8 Å². The van der Waals surface area contributed by atoms with Crippen molar-refractivity contribution in [1.82, 2.24) is 19.5 Å². The Hall–Kier alpha value is -2.95. The molecule has 25 heavy (non-hydrogen) atoms. The Kier molecular flexibility index (Phi) is 3.20. The van der Waals surface area contributed by atoms with Crippen molar-refractivity contribution >= 4 is 27.8 Å². The molecule has 1 N–H and O–H groups in total. The van der Waals surface area contributed by atoms with Gasteiger partial charge in [0.1, 0.15) is 18.0 Å². The zero-order chi connectivity index (χ0) is 16.8. The smallest absolute Gasteiger partial charge is 0.137 e. The molecule has 1 aliphatic carbocycles. The van der Waals surface area contributed by atoms with Crippen LogP contribution in [0, 0.1) is 6.92 Å². The van der Waals surface area contributed by atoms with Crippen LogP contribution in [0.25, 0.3) is 21.9 Å². The van der Waals surface area contributed by atoms with Crippen LogP contribution in [-0.4, -0.2) is 19.5 Å². The van der Waals surface area contributed by atoms with Crippen LogP contribution in [0.1, 0.15) is 30.3 Å². The molecule has 0 spiro atoms. The van der Waals surface area contributed by atoms with Crippen molar-refractivity contribution in [2.45, 2.75) is 32.4 Å². The third-order valence-corrected chi connectivity index (χ3v) is 4.87. The number of aromatic nitrogens is 4. The third kappa shape index (κ3) is 2.43. The Morgan fingerprint density at radius 2 is 1.88 bits per heavy atom. The summed E-state index contributed by atoms with van der Waals surface area (Å²) in [7, 11) is 0. The van der Waals surface area contributed by atoms with Crippen LogP contribution in [0.5, 0.6) is 0 Å². The third-order valence-electron chi connectivity index (χ3n) is 4.87. The van der Waals surface area contributed by atoms with Crippen LogP contribution in [-0.2, 0) is 6.54 Å². The molecule has 4 aromatic rings. The molecule has 0 saturated heterocycles. The van der Waals surface area contributed by atoms with Gasteiger partial charge in [-0.2, -0.15) is 0 Å². The van der Waals surface area contributed by atoms with Crippen LogP contribution >= 0.6 is 0 Å². The van der Waals surface area contributed by atoms with Crippen molar-refractivity contribution in [3.05, 3.63) is 60.2 Å². The van der Waals surface area contributed by atoms with E-state index in [1.165, 1.54) is 23.9 Å². The zero-order valence-electron chi connectivity index (χ0n) is 14.1. The van der Waals surface area contributed by atoms with E-state index in [4.69, 9.17) is 4.98 Å². The van der Waals surface area contributed by atoms with Crippen molar-refractivity contribution < 1.29 is 0 Å². The number of aryl methyl sites for hydroxylation is 1. The minimum Gasteiger partial charge on any atom is -0.362 e. The molecule has 0 bridgehead atoms. The second-order valence-electron chi connectivity index (χ2n) is 6.66. The molecule has 5 rings (SSSR count). The summed E-state index contributed by atoms with van der Waals surface area (Å²) >= 11 is 0. The fourth-order valence-corrected chi connectivity index (χ4v) is 3.54. The van der Waals surface area contributed by atoms with E-state index < -0.39 is 0 Å². The van der Waals surface area contributed by atoms with Crippen molar-refractivity contribution in [2.24, 2.45) is 0 Å². The predicted molar refractivity (Wildman–Crippen MR) is 99.6 cm³/mol. The van der Waals surface area contributed by atoms with Gasteiger partial charge in [0, 0.05) is 11.4 Å². The summed E-state index contributed by atoms with van der Waals surface area (Å²) in [5, 5.41) is 4.58. The van der Waals surface area contributed by atoms with E-state index in [-0.39, 0.29) is 0 Å². The largest absolute Gasteiger partial charge is 0.362 e. The molecule has 2 heterocycles. The summed E-state index contributed by atoms with van der Waals surface area (Å²) in [5.41, 5.74) is 4.44. The molecule has 2 aromatic carbocycles. The second kappa shape index (κ2) is 5.55. The normalized spacial score (nSPS) is 14.3. The lowest BCUT2D eigenvalue weighted by atomic mass is 10.1. The van der Waals surface area contributed by atoms with E-state index in [0.29, 0.717) is 12.6 Å². The molecule has 1 aliphatic rings. The van der Waals surface area contributed by atoms with Gasteiger partial charge in [0.15, 0.2) is 0 Å². The van der Waals surface area contributed by atoms with Crippen molar-refractivity contribution in [3.63, 3.8) is 0 Å². The van der Waals surface area contributed by atoms with Crippen molar-refractivity contribution in [2.75, 3.05) is 5.32 Å². The number of rotatable bonds is 4. The number of fused-ring (bicyclic) bond motifs is 2.